The van der Waals surface area contributed by atoms with Crippen LogP contribution in [0.1, 0.15) is 31.2 Å². The van der Waals surface area contributed by atoms with Gasteiger partial charge in [-0.2, -0.15) is 5.10 Å². The SMILES string of the molecule is CC(C)c1n[nH]c(=S)n1CCNC(=O)Cc1c[nH]c2ccccc12. The Bertz CT molecular complexity index is 905. The standard InChI is InChI=1S/C17H21N5OS/c1-11(2)16-20-21-17(24)22(16)8-7-18-15(23)9-12-10-19-14-6-4-3-5-13(12)14/h3-6,10-11,19H,7-9H2,1-2H3,(H,18,23)(H,21,24). The molecule has 0 aliphatic carbocycles. The Balaban J connectivity index is 1.59. The molecular weight excluding hydrogens is 322 g/mol. The van der Waals surface area contributed by atoms with Crippen LogP contribution in [0, 0.1) is 4.77 Å². The summed E-state index contributed by atoms with van der Waals surface area (Å²) in [6.07, 6.45) is 2.26. The molecule has 0 fully saturated rings. The second kappa shape index (κ2) is 7.00. The maximum absolute atomic E-state index is 12.2. The molecule has 6 nitrogen and oxygen atoms in total. The van der Waals surface area contributed by atoms with E-state index in [0.29, 0.717) is 24.3 Å². The molecule has 0 radical (unpaired) electrons. The molecule has 126 valence electrons. The van der Waals surface area contributed by atoms with Gasteiger partial charge in [-0.15, -0.1) is 0 Å². The third-order valence-electron chi connectivity index (χ3n) is 3.99. The van der Waals surface area contributed by atoms with Crippen molar-refractivity contribution in [2.24, 2.45) is 0 Å². The Morgan fingerprint density at radius 1 is 1.38 bits per heavy atom. The van der Waals surface area contributed by atoms with Crippen molar-refractivity contribution < 1.29 is 4.79 Å². The molecule has 0 saturated carbocycles. The predicted octanol–water partition coefficient (Wildman–Crippen LogP) is 2.90. The van der Waals surface area contributed by atoms with Gasteiger partial charge < -0.3 is 14.9 Å². The Morgan fingerprint density at radius 3 is 2.96 bits per heavy atom. The molecule has 3 aromatic rings. The number of nitrogens with zero attached hydrogens (tertiary/aromatic N) is 2. The zero-order chi connectivity index (χ0) is 17.1. The second-order valence-corrected chi connectivity index (χ2v) is 6.47. The fraction of sp³-hybridized carbons (Fsp3) is 0.353. The smallest absolute Gasteiger partial charge is 0.224 e. The summed E-state index contributed by atoms with van der Waals surface area (Å²) in [5.74, 6) is 1.19. The number of benzene rings is 1. The molecule has 3 N–H and O–H groups in total. The normalized spacial score (nSPS) is 11.3. The first-order chi connectivity index (χ1) is 11.6. The summed E-state index contributed by atoms with van der Waals surface area (Å²) >= 11 is 5.25. The van der Waals surface area contributed by atoms with E-state index in [0.717, 1.165) is 22.3 Å². The molecule has 0 saturated heterocycles. The minimum absolute atomic E-state index is 0.000799. The van der Waals surface area contributed by atoms with Gasteiger partial charge in [0, 0.05) is 36.1 Å². The number of hydrogen-bond acceptors (Lipinski definition) is 3. The molecule has 0 atom stereocenters. The first-order valence-electron chi connectivity index (χ1n) is 8.03. The lowest BCUT2D eigenvalue weighted by atomic mass is 10.1. The number of aromatic nitrogens is 4. The molecule has 24 heavy (non-hydrogen) atoms. The van der Waals surface area contributed by atoms with Crippen molar-refractivity contribution in [2.75, 3.05) is 6.54 Å². The summed E-state index contributed by atoms with van der Waals surface area (Å²) in [7, 11) is 0. The number of nitrogens with one attached hydrogen (secondary N) is 3. The highest BCUT2D eigenvalue weighted by molar-refractivity contribution is 7.71. The predicted molar refractivity (Wildman–Crippen MR) is 96.5 cm³/mol. The Morgan fingerprint density at radius 2 is 2.17 bits per heavy atom. The van der Waals surface area contributed by atoms with Crippen LogP contribution in [0.4, 0.5) is 0 Å². The van der Waals surface area contributed by atoms with Crippen molar-refractivity contribution in [3.63, 3.8) is 0 Å². The molecule has 0 unspecified atom stereocenters. The number of carbonyl (C=O) groups excluding carboxylic acids is 1. The molecule has 3 rings (SSSR count). The Kier molecular flexibility index (Phi) is 4.80. The molecule has 1 aromatic carbocycles. The molecule has 0 aliphatic rings. The van der Waals surface area contributed by atoms with Gasteiger partial charge in [-0.25, -0.2) is 0 Å². The lowest BCUT2D eigenvalue weighted by Gasteiger charge is -2.10. The van der Waals surface area contributed by atoms with Crippen molar-refractivity contribution in [3.8, 4) is 0 Å². The van der Waals surface area contributed by atoms with Crippen molar-refractivity contribution in [1.29, 1.82) is 0 Å². The van der Waals surface area contributed by atoms with E-state index in [1.54, 1.807) is 0 Å². The van der Waals surface area contributed by atoms with Crippen LogP contribution < -0.4 is 5.32 Å². The Labute approximate surface area is 145 Å². The quantitative estimate of drug-likeness (QED) is 0.602. The number of carbonyl (C=O) groups is 1. The zero-order valence-electron chi connectivity index (χ0n) is 13.8. The van der Waals surface area contributed by atoms with Crippen molar-refractivity contribution in [2.45, 2.75) is 32.7 Å². The average molecular weight is 343 g/mol. The van der Waals surface area contributed by atoms with E-state index in [2.05, 4.69) is 34.3 Å². The van der Waals surface area contributed by atoms with Gasteiger partial charge in [-0.05, 0) is 23.8 Å². The van der Waals surface area contributed by atoms with Crippen LogP contribution in [-0.4, -0.2) is 32.2 Å². The summed E-state index contributed by atoms with van der Waals surface area (Å²) in [4.78, 5) is 15.4. The van der Waals surface area contributed by atoms with Crippen molar-refractivity contribution in [3.05, 3.63) is 46.6 Å². The molecule has 0 bridgehead atoms. The first-order valence-corrected chi connectivity index (χ1v) is 8.44. The van der Waals surface area contributed by atoms with Crippen LogP contribution in [0.15, 0.2) is 30.5 Å². The van der Waals surface area contributed by atoms with Gasteiger partial charge in [0.1, 0.15) is 5.82 Å². The molecule has 0 aliphatic heterocycles. The second-order valence-electron chi connectivity index (χ2n) is 6.08. The van der Waals surface area contributed by atoms with E-state index in [1.165, 1.54) is 0 Å². The highest BCUT2D eigenvalue weighted by Crippen LogP contribution is 2.18. The lowest BCUT2D eigenvalue weighted by molar-refractivity contribution is -0.120. The summed E-state index contributed by atoms with van der Waals surface area (Å²) < 4.78 is 2.52. The number of fused-ring (bicyclic) bond motifs is 1. The van der Waals surface area contributed by atoms with E-state index >= 15 is 0 Å². The summed E-state index contributed by atoms with van der Waals surface area (Å²) in [5, 5.41) is 11.1. The number of amides is 1. The summed E-state index contributed by atoms with van der Waals surface area (Å²) in [5.41, 5.74) is 2.05. The van der Waals surface area contributed by atoms with Crippen molar-refractivity contribution in [1.82, 2.24) is 25.1 Å². The average Bonchev–Trinajstić information content (AvgIpc) is 3.12. The van der Waals surface area contributed by atoms with Gasteiger partial charge in [-0.3, -0.25) is 9.89 Å². The Hall–Kier alpha value is -2.41. The van der Waals surface area contributed by atoms with Gasteiger partial charge in [0.15, 0.2) is 4.77 Å². The van der Waals surface area contributed by atoms with E-state index in [1.807, 2.05) is 35.0 Å². The first kappa shape index (κ1) is 16.4. The van der Waals surface area contributed by atoms with Crippen LogP contribution in [0.2, 0.25) is 0 Å². The van der Waals surface area contributed by atoms with Gasteiger partial charge in [0.2, 0.25) is 5.91 Å². The number of hydrogen-bond donors (Lipinski definition) is 3. The fourth-order valence-corrected chi connectivity index (χ4v) is 3.04. The maximum atomic E-state index is 12.2. The highest BCUT2D eigenvalue weighted by atomic mass is 32.1. The highest BCUT2D eigenvalue weighted by Gasteiger charge is 2.11. The van der Waals surface area contributed by atoms with Gasteiger partial charge in [0.05, 0.1) is 6.42 Å². The van der Waals surface area contributed by atoms with Crippen LogP contribution in [0.3, 0.4) is 0 Å². The molecule has 2 heterocycles. The number of para-hydroxylation sites is 1. The topological polar surface area (TPSA) is 78.5 Å². The third-order valence-corrected chi connectivity index (χ3v) is 4.30. The summed E-state index contributed by atoms with van der Waals surface area (Å²) in [6.45, 7) is 5.27. The third kappa shape index (κ3) is 3.41. The van der Waals surface area contributed by atoms with Crippen LogP contribution in [-0.2, 0) is 17.8 Å². The number of H-pyrrole nitrogens is 2. The maximum Gasteiger partial charge on any atom is 0.224 e. The number of rotatable bonds is 6. The van der Waals surface area contributed by atoms with E-state index in [-0.39, 0.29) is 11.8 Å². The molecule has 0 spiro atoms. The van der Waals surface area contributed by atoms with Crippen LogP contribution >= 0.6 is 12.2 Å². The zero-order valence-corrected chi connectivity index (χ0v) is 14.6. The van der Waals surface area contributed by atoms with E-state index < -0.39 is 0 Å². The monoisotopic (exact) mass is 343 g/mol. The fourth-order valence-electron chi connectivity index (χ4n) is 2.81. The van der Waals surface area contributed by atoms with Gasteiger partial charge in [0.25, 0.3) is 0 Å². The molecule has 7 heteroatoms. The van der Waals surface area contributed by atoms with Gasteiger partial charge in [-0.1, -0.05) is 32.0 Å². The number of aromatic amines is 2. The minimum Gasteiger partial charge on any atom is -0.361 e. The van der Waals surface area contributed by atoms with Crippen molar-refractivity contribution >= 4 is 29.0 Å². The largest absolute Gasteiger partial charge is 0.361 e. The minimum atomic E-state index is 0.000799. The molecule has 1 amide bonds. The molecule has 2 aromatic heterocycles. The molecular formula is C17H21N5OS. The van der Waals surface area contributed by atoms with Gasteiger partial charge >= 0.3 is 0 Å². The van der Waals surface area contributed by atoms with Crippen LogP contribution in [0.25, 0.3) is 10.9 Å². The summed E-state index contributed by atoms with van der Waals surface area (Å²) in [6, 6.07) is 7.98. The van der Waals surface area contributed by atoms with E-state index in [4.69, 9.17) is 12.2 Å². The van der Waals surface area contributed by atoms with Crippen LogP contribution in [0.5, 0.6) is 0 Å². The lowest BCUT2D eigenvalue weighted by Crippen LogP contribution is -2.29. The van der Waals surface area contributed by atoms with E-state index in [9.17, 15) is 4.79 Å².